The van der Waals surface area contributed by atoms with Crippen LogP contribution in [-0.2, 0) is 19.1 Å². The van der Waals surface area contributed by atoms with Gasteiger partial charge in [-0.2, -0.15) is 0 Å². The van der Waals surface area contributed by atoms with E-state index in [4.69, 9.17) is 4.74 Å². The molecule has 0 aromatic rings. The maximum Gasteiger partial charge on any atom is 0.408 e. The van der Waals surface area contributed by atoms with Gasteiger partial charge in [0.2, 0.25) is 11.7 Å². The van der Waals surface area contributed by atoms with Gasteiger partial charge in [0.1, 0.15) is 11.6 Å². The third-order valence-corrected chi connectivity index (χ3v) is 3.94. The van der Waals surface area contributed by atoms with E-state index in [1.165, 1.54) is 9.80 Å². The molecule has 0 aliphatic carbocycles. The smallest absolute Gasteiger partial charge is 0.408 e. The van der Waals surface area contributed by atoms with Crippen molar-refractivity contribution in [1.82, 2.24) is 15.1 Å². The number of ketones is 1. The van der Waals surface area contributed by atoms with Crippen LogP contribution in [0.25, 0.3) is 0 Å². The van der Waals surface area contributed by atoms with E-state index < -0.39 is 29.4 Å². The average molecular weight is 339 g/mol. The van der Waals surface area contributed by atoms with Gasteiger partial charge in [0.15, 0.2) is 0 Å². The van der Waals surface area contributed by atoms with Crippen molar-refractivity contribution < 1.29 is 23.9 Å². The maximum absolute atomic E-state index is 12.5. The quantitative estimate of drug-likeness (QED) is 0.727. The molecule has 24 heavy (non-hydrogen) atoms. The largest absolute Gasteiger partial charge is 0.444 e. The Morgan fingerprint density at radius 1 is 1.17 bits per heavy atom. The fraction of sp³-hybridized carbons (Fsp3) is 0.750. The molecule has 3 amide bonds. The Kier molecular flexibility index (Phi) is 5.46. The molecule has 0 spiro atoms. The summed E-state index contributed by atoms with van der Waals surface area (Å²) in [5.74, 6) is -1.40. The molecular weight excluding hydrogens is 314 g/mol. The number of hydrogen-bond donors (Lipinski definition) is 1. The first kappa shape index (κ1) is 18.2. The van der Waals surface area contributed by atoms with E-state index >= 15 is 0 Å². The first-order valence-electron chi connectivity index (χ1n) is 8.28. The van der Waals surface area contributed by atoms with Crippen molar-refractivity contribution in [1.29, 1.82) is 0 Å². The van der Waals surface area contributed by atoms with Crippen LogP contribution < -0.4 is 5.32 Å². The van der Waals surface area contributed by atoms with Gasteiger partial charge in [0, 0.05) is 32.6 Å². The van der Waals surface area contributed by atoms with Crippen molar-refractivity contribution in [3.8, 4) is 0 Å². The number of ether oxygens (including phenoxy) is 1. The summed E-state index contributed by atoms with van der Waals surface area (Å²) >= 11 is 0. The normalized spacial score (nSPS) is 18.9. The summed E-state index contributed by atoms with van der Waals surface area (Å²) in [6.07, 6.45) is 1.23. The van der Waals surface area contributed by atoms with Crippen molar-refractivity contribution in [3.05, 3.63) is 0 Å². The predicted molar refractivity (Wildman–Crippen MR) is 85.2 cm³/mol. The van der Waals surface area contributed by atoms with Gasteiger partial charge >= 0.3 is 6.09 Å². The van der Waals surface area contributed by atoms with Crippen molar-refractivity contribution >= 4 is 23.7 Å². The molecule has 8 nitrogen and oxygen atoms in total. The molecule has 2 saturated heterocycles. The minimum absolute atomic E-state index is 0.00348. The molecule has 2 aliphatic heterocycles. The number of amides is 3. The Balaban J connectivity index is 2.04. The molecule has 2 heterocycles. The molecular formula is C16H25N3O5. The van der Waals surface area contributed by atoms with Gasteiger partial charge < -0.3 is 19.9 Å². The number of rotatable bonds is 5. The number of Topliss-reactive ketones (excluding diaryl/α,β-unsaturated/α-hetero) is 1. The standard InChI is InChI=1S/C16H25N3O5/c1-16(2,3)24-15(23)17-11(10-19-7-4-6-12(19)20)13(21)14(22)18-8-5-9-18/h11H,4-10H2,1-3H3,(H,17,23)/t11-/m0/s1. The first-order valence-corrected chi connectivity index (χ1v) is 8.28. The highest BCUT2D eigenvalue weighted by atomic mass is 16.6. The van der Waals surface area contributed by atoms with Gasteiger partial charge in [0.05, 0.1) is 0 Å². The summed E-state index contributed by atoms with van der Waals surface area (Å²) in [6, 6.07) is -1.09. The lowest BCUT2D eigenvalue weighted by atomic mass is 10.1. The number of hydrogen-bond acceptors (Lipinski definition) is 5. The lowest BCUT2D eigenvalue weighted by molar-refractivity contribution is -0.148. The van der Waals surface area contributed by atoms with Gasteiger partial charge in [0.25, 0.3) is 5.91 Å². The highest BCUT2D eigenvalue weighted by Gasteiger charge is 2.36. The maximum atomic E-state index is 12.5. The van der Waals surface area contributed by atoms with Crippen molar-refractivity contribution in [2.75, 3.05) is 26.2 Å². The molecule has 2 fully saturated rings. The van der Waals surface area contributed by atoms with Crippen LogP contribution in [0.1, 0.15) is 40.0 Å². The van der Waals surface area contributed by atoms with Gasteiger partial charge in [-0.25, -0.2) is 4.79 Å². The Morgan fingerprint density at radius 2 is 1.83 bits per heavy atom. The minimum Gasteiger partial charge on any atom is -0.444 e. The first-order chi connectivity index (χ1) is 11.2. The second-order valence-corrected chi connectivity index (χ2v) is 7.15. The van der Waals surface area contributed by atoms with Gasteiger partial charge in [-0.05, 0) is 33.6 Å². The zero-order valence-corrected chi connectivity index (χ0v) is 14.5. The molecule has 0 saturated carbocycles. The highest BCUT2D eigenvalue weighted by molar-refractivity contribution is 6.38. The summed E-state index contributed by atoms with van der Waals surface area (Å²) in [7, 11) is 0. The molecule has 0 bridgehead atoms. The van der Waals surface area contributed by atoms with E-state index in [-0.39, 0.29) is 12.5 Å². The number of alkyl carbamates (subject to hydrolysis) is 1. The Hall–Kier alpha value is -2.12. The van der Waals surface area contributed by atoms with Crippen LogP contribution in [0.15, 0.2) is 0 Å². The van der Waals surface area contributed by atoms with Crippen LogP contribution in [0, 0.1) is 0 Å². The number of nitrogens with one attached hydrogen (secondary N) is 1. The average Bonchev–Trinajstić information content (AvgIpc) is 2.78. The third kappa shape index (κ3) is 4.69. The lowest BCUT2D eigenvalue weighted by Crippen LogP contribution is -2.56. The van der Waals surface area contributed by atoms with Crippen LogP contribution >= 0.6 is 0 Å². The van der Waals surface area contributed by atoms with Gasteiger partial charge in [-0.3, -0.25) is 14.4 Å². The van der Waals surface area contributed by atoms with E-state index in [1.807, 2.05) is 0 Å². The number of nitrogens with zero attached hydrogens (tertiary/aromatic N) is 2. The summed E-state index contributed by atoms with van der Waals surface area (Å²) in [6.45, 7) is 6.74. The molecule has 1 atom stereocenters. The Bertz CT molecular complexity index is 536. The topological polar surface area (TPSA) is 96.0 Å². The molecule has 2 aliphatic rings. The molecule has 2 rings (SSSR count). The molecule has 0 unspecified atom stereocenters. The van der Waals surface area contributed by atoms with Gasteiger partial charge in [-0.15, -0.1) is 0 Å². The molecule has 0 aromatic carbocycles. The van der Waals surface area contributed by atoms with E-state index in [1.54, 1.807) is 20.8 Å². The number of carbonyl (C=O) groups excluding carboxylic acids is 4. The van der Waals surface area contributed by atoms with Crippen LogP contribution in [0.2, 0.25) is 0 Å². The highest BCUT2D eigenvalue weighted by Crippen LogP contribution is 2.13. The minimum atomic E-state index is -1.09. The Labute approximate surface area is 141 Å². The number of carbonyl (C=O) groups is 4. The fourth-order valence-corrected chi connectivity index (χ4v) is 2.59. The van der Waals surface area contributed by atoms with Crippen LogP contribution in [0.5, 0.6) is 0 Å². The van der Waals surface area contributed by atoms with E-state index in [0.717, 1.165) is 6.42 Å². The monoisotopic (exact) mass is 339 g/mol. The summed E-state index contributed by atoms with van der Waals surface area (Å²) in [5, 5.41) is 2.45. The van der Waals surface area contributed by atoms with Crippen molar-refractivity contribution in [2.45, 2.75) is 51.7 Å². The van der Waals surface area contributed by atoms with Gasteiger partial charge in [-0.1, -0.05) is 0 Å². The van der Waals surface area contributed by atoms with Crippen LogP contribution in [0.4, 0.5) is 4.79 Å². The second kappa shape index (κ2) is 7.19. The van der Waals surface area contributed by atoms with E-state index in [0.29, 0.717) is 32.5 Å². The zero-order chi connectivity index (χ0) is 17.9. The van der Waals surface area contributed by atoms with Crippen molar-refractivity contribution in [3.63, 3.8) is 0 Å². The molecule has 0 radical (unpaired) electrons. The van der Waals surface area contributed by atoms with Crippen LogP contribution in [0.3, 0.4) is 0 Å². The molecule has 0 aromatic heterocycles. The molecule has 8 heteroatoms. The zero-order valence-electron chi connectivity index (χ0n) is 14.5. The summed E-state index contributed by atoms with van der Waals surface area (Å²) in [4.78, 5) is 51.4. The van der Waals surface area contributed by atoms with Crippen LogP contribution in [-0.4, -0.2) is 71.3 Å². The summed E-state index contributed by atoms with van der Waals surface area (Å²) < 4.78 is 5.16. The van der Waals surface area contributed by atoms with E-state index in [9.17, 15) is 19.2 Å². The SMILES string of the molecule is CC(C)(C)OC(=O)N[C@@H](CN1CCCC1=O)C(=O)C(=O)N1CCC1. The number of likely N-dealkylation sites (tertiary alicyclic amines) is 2. The fourth-order valence-electron chi connectivity index (χ4n) is 2.59. The van der Waals surface area contributed by atoms with Crippen molar-refractivity contribution in [2.24, 2.45) is 0 Å². The third-order valence-electron chi connectivity index (χ3n) is 3.94. The van der Waals surface area contributed by atoms with E-state index in [2.05, 4.69) is 5.32 Å². The predicted octanol–water partition coefficient (Wildman–Crippen LogP) is 0.304. The second-order valence-electron chi connectivity index (χ2n) is 7.15. The Morgan fingerprint density at radius 3 is 2.29 bits per heavy atom. The lowest BCUT2D eigenvalue weighted by Gasteiger charge is -2.32. The molecule has 134 valence electrons. The molecule has 1 N–H and O–H groups in total. The summed E-state index contributed by atoms with van der Waals surface area (Å²) in [5.41, 5.74) is -0.720.